The van der Waals surface area contributed by atoms with E-state index in [2.05, 4.69) is 114 Å². The number of imide groups is 1. The number of carbonyl (C=O) groups excluding carboxylic acids is 4. The van der Waals surface area contributed by atoms with Gasteiger partial charge < -0.3 is 5.32 Å². The van der Waals surface area contributed by atoms with Crippen LogP contribution in [0.5, 0.6) is 0 Å². The highest BCUT2D eigenvalue weighted by atomic mass is 79.9. The van der Waals surface area contributed by atoms with E-state index in [1.165, 1.54) is 0 Å². The molecule has 3 rings (SSSR count). The molecule has 0 saturated carbocycles. The quantitative estimate of drug-likeness (QED) is 0.255. The summed E-state index contributed by atoms with van der Waals surface area (Å²) in [6.07, 6.45) is 1.39. The molecular weight excluding hydrogens is 704 g/mol. The van der Waals surface area contributed by atoms with E-state index in [4.69, 9.17) is 0 Å². The Labute approximate surface area is 232 Å². The van der Waals surface area contributed by atoms with Gasteiger partial charge in [-0.3, -0.25) is 29.5 Å². The molecule has 0 bridgehead atoms. The first-order chi connectivity index (χ1) is 15.6. The van der Waals surface area contributed by atoms with Crippen LogP contribution in [0.1, 0.15) is 74.1 Å². The normalized spacial score (nSPS) is 19.9. The van der Waals surface area contributed by atoms with Crippen LogP contribution < -0.4 is 10.7 Å². The molecule has 186 valence electrons. The third kappa shape index (κ3) is 5.16. The number of rotatable bonds is 5. The fourth-order valence-corrected chi connectivity index (χ4v) is 7.09. The zero-order valence-electron chi connectivity index (χ0n) is 19.4. The van der Waals surface area contributed by atoms with Crippen molar-refractivity contribution < 1.29 is 19.2 Å². The maximum absolute atomic E-state index is 12.8. The van der Waals surface area contributed by atoms with E-state index < -0.39 is 17.7 Å². The molecule has 12 heteroatoms. The van der Waals surface area contributed by atoms with Gasteiger partial charge in [-0.2, -0.15) is 5.01 Å². The lowest BCUT2D eigenvalue weighted by Gasteiger charge is -2.53. The Balaban J connectivity index is 1.60. The molecular formula is C22H26Br4N4O4. The van der Waals surface area contributed by atoms with E-state index in [-0.39, 0.29) is 47.0 Å². The number of hydrazine groups is 1. The van der Waals surface area contributed by atoms with Crippen LogP contribution in [0.15, 0.2) is 17.9 Å². The van der Waals surface area contributed by atoms with Crippen molar-refractivity contribution in [2.45, 2.75) is 70.5 Å². The summed E-state index contributed by atoms with van der Waals surface area (Å²) < 4.78 is 1.92. The van der Waals surface area contributed by atoms with E-state index in [1.807, 2.05) is 0 Å². The van der Waals surface area contributed by atoms with Crippen LogP contribution in [0.2, 0.25) is 0 Å². The highest BCUT2D eigenvalue weighted by Crippen LogP contribution is 2.45. The number of carbonyl (C=O) groups is 4. The Morgan fingerprint density at radius 3 is 1.68 bits per heavy atom. The van der Waals surface area contributed by atoms with Crippen molar-refractivity contribution >= 4 is 87.3 Å². The molecule has 2 N–H and O–H groups in total. The molecule has 1 saturated heterocycles. The van der Waals surface area contributed by atoms with Crippen LogP contribution in [0, 0.1) is 0 Å². The predicted molar refractivity (Wildman–Crippen MR) is 142 cm³/mol. The van der Waals surface area contributed by atoms with Crippen molar-refractivity contribution in [2.24, 2.45) is 0 Å². The van der Waals surface area contributed by atoms with Crippen molar-refractivity contribution in [2.75, 3.05) is 7.05 Å². The fraction of sp³-hybridized carbons (Fsp3) is 0.545. The Hall–Kier alpha value is -0.820. The smallest absolute Gasteiger partial charge is 0.281 e. The molecule has 34 heavy (non-hydrogen) atoms. The summed E-state index contributed by atoms with van der Waals surface area (Å²) in [5, 5.41) is 3.72. The van der Waals surface area contributed by atoms with Crippen LogP contribution >= 0.6 is 63.7 Å². The fourth-order valence-electron chi connectivity index (χ4n) is 4.63. The number of benzene rings is 1. The van der Waals surface area contributed by atoms with Crippen molar-refractivity contribution in [1.29, 1.82) is 0 Å². The number of nitrogens with one attached hydrogen (secondary N) is 2. The van der Waals surface area contributed by atoms with Gasteiger partial charge in [0.2, 0.25) is 11.8 Å². The molecule has 0 radical (unpaired) electrons. The Kier molecular flexibility index (Phi) is 8.09. The van der Waals surface area contributed by atoms with Gasteiger partial charge in [0.1, 0.15) is 0 Å². The van der Waals surface area contributed by atoms with Crippen LogP contribution in [0.25, 0.3) is 0 Å². The van der Waals surface area contributed by atoms with E-state index >= 15 is 0 Å². The first-order valence-corrected chi connectivity index (χ1v) is 13.8. The number of halogens is 4. The molecule has 0 unspecified atom stereocenters. The van der Waals surface area contributed by atoms with Crippen molar-refractivity contribution in [3.8, 4) is 0 Å². The summed E-state index contributed by atoms with van der Waals surface area (Å²) >= 11 is 13.4. The molecule has 0 spiro atoms. The number of hydrogen-bond donors (Lipinski definition) is 2. The van der Waals surface area contributed by atoms with E-state index in [0.29, 0.717) is 22.9 Å². The monoisotopic (exact) mass is 726 g/mol. The zero-order valence-corrected chi connectivity index (χ0v) is 25.8. The molecule has 4 amide bonds. The molecule has 2 aliphatic rings. The lowest BCUT2D eigenvalue weighted by molar-refractivity contribution is -0.129. The van der Waals surface area contributed by atoms with Gasteiger partial charge in [0.15, 0.2) is 0 Å². The third-order valence-corrected chi connectivity index (χ3v) is 11.4. The molecule has 8 nitrogen and oxygen atoms in total. The maximum atomic E-state index is 12.8. The second kappa shape index (κ2) is 9.91. The van der Waals surface area contributed by atoms with E-state index in [0.717, 1.165) is 12.8 Å². The van der Waals surface area contributed by atoms with Gasteiger partial charge in [-0.05, 0) is 111 Å². The second-order valence-corrected chi connectivity index (χ2v) is 13.0. The maximum Gasteiger partial charge on any atom is 0.281 e. The Morgan fingerprint density at radius 1 is 0.824 bits per heavy atom. The van der Waals surface area contributed by atoms with Crippen molar-refractivity contribution in [3.63, 3.8) is 0 Å². The first-order valence-electron chi connectivity index (χ1n) is 10.7. The van der Waals surface area contributed by atoms with E-state index in [9.17, 15) is 19.2 Å². The van der Waals surface area contributed by atoms with Crippen LogP contribution in [0.3, 0.4) is 0 Å². The van der Waals surface area contributed by atoms with Gasteiger partial charge in [-0.1, -0.05) is 0 Å². The summed E-state index contributed by atoms with van der Waals surface area (Å²) in [5.74, 6) is -2.15. The summed E-state index contributed by atoms with van der Waals surface area (Å²) in [7, 11) is 2.09. The molecule has 0 aliphatic carbocycles. The van der Waals surface area contributed by atoms with Gasteiger partial charge in [-0.25, -0.2) is 0 Å². The van der Waals surface area contributed by atoms with Crippen molar-refractivity contribution in [3.05, 3.63) is 29.0 Å². The lowest BCUT2D eigenvalue weighted by Crippen LogP contribution is -2.62. The molecule has 2 heterocycles. The van der Waals surface area contributed by atoms with Crippen LogP contribution in [0.4, 0.5) is 0 Å². The summed E-state index contributed by atoms with van der Waals surface area (Å²) in [6, 6.07) is -0.000378. The van der Waals surface area contributed by atoms with Crippen molar-refractivity contribution in [1.82, 2.24) is 20.7 Å². The Morgan fingerprint density at radius 2 is 1.24 bits per heavy atom. The summed E-state index contributed by atoms with van der Waals surface area (Å²) in [5.41, 5.74) is 2.47. The SMILES string of the molecule is CN1C(C)(C)CC(NC(=O)CCC(=O)NN2C(=O)c3c(Br)c(Br)c(Br)c(Br)c3C2=O)CC1(C)C. The van der Waals surface area contributed by atoms with Gasteiger partial charge in [0, 0.05) is 47.9 Å². The molecule has 1 aromatic carbocycles. The summed E-state index contributed by atoms with van der Waals surface area (Å²) in [4.78, 5) is 53.1. The topological polar surface area (TPSA) is 98.8 Å². The number of hydrogen-bond acceptors (Lipinski definition) is 5. The number of piperidine rings is 1. The average molecular weight is 730 g/mol. The predicted octanol–water partition coefficient (Wildman–Crippen LogP) is 4.91. The molecule has 0 aromatic heterocycles. The lowest BCUT2D eigenvalue weighted by atomic mass is 9.77. The average Bonchev–Trinajstić information content (AvgIpc) is 2.97. The highest BCUT2D eigenvalue weighted by molar-refractivity contribution is 9.15. The molecule has 0 atom stereocenters. The van der Waals surface area contributed by atoms with Crippen LogP contribution in [-0.4, -0.2) is 57.7 Å². The van der Waals surface area contributed by atoms with Gasteiger partial charge in [-0.15, -0.1) is 0 Å². The van der Waals surface area contributed by atoms with E-state index in [1.54, 1.807) is 0 Å². The number of amides is 4. The summed E-state index contributed by atoms with van der Waals surface area (Å²) in [6.45, 7) is 8.60. The van der Waals surface area contributed by atoms with Crippen LogP contribution in [-0.2, 0) is 9.59 Å². The Bertz CT molecular complexity index is 1020. The van der Waals surface area contributed by atoms with Gasteiger partial charge in [0.25, 0.3) is 11.8 Å². The number of nitrogens with zero attached hydrogens (tertiary/aromatic N) is 2. The third-order valence-electron chi connectivity index (χ3n) is 6.59. The minimum absolute atomic E-state index is 0.000378. The van der Waals surface area contributed by atoms with Gasteiger partial charge in [0.05, 0.1) is 11.1 Å². The number of fused-ring (bicyclic) bond motifs is 1. The largest absolute Gasteiger partial charge is 0.353 e. The first kappa shape index (κ1) is 27.8. The molecule has 2 aliphatic heterocycles. The zero-order chi connectivity index (χ0) is 25.7. The molecule has 1 fully saturated rings. The highest BCUT2D eigenvalue weighted by Gasteiger charge is 2.44. The molecule has 1 aromatic rings. The second-order valence-electron chi connectivity index (χ2n) is 9.84. The minimum atomic E-state index is -0.658. The van der Waals surface area contributed by atoms with Gasteiger partial charge >= 0.3 is 0 Å². The standard InChI is InChI=1S/C22H26Br4N4O4/c1-21(2)8-10(9-22(3,4)29(21)5)27-11(31)6-7-12(32)28-30-19(33)13-14(20(30)34)16(24)18(26)17(25)15(13)23/h10H,6-9H2,1-5H3,(H,27,31)(H,28,32). The number of likely N-dealkylation sites (tertiary alicyclic amines) is 1. The minimum Gasteiger partial charge on any atom is -0.353 e.